The monoisotopic (exact) mass is 360 g/mol. The number of anilines is 1. The Morgan fingerprint density at radius 3 is 2.92 bits per heavy atom. The van der Waals surface area contributed by atoms with Gasteiger partial charge in [-0.1, -0.05) is 0 Å². The highest BCUT2D eigenvalue weighted by Crippen LogP contribution is 2.30. The second-order valence-corrected chi connectivity index (χ2v) is 7.63. The van der Waals surface area contributed by atoms with E-state index in [1.165, 1.54) is 40.0 Å². The van der Waals surface area contributed by atoms with Crippen molar-refractivity contribution in [1.82, 2.24) is 0 Å². The van der Waals surface area contributed by atoms with Crippen LogP contribution in [-0.2, 0) is 22.4 Å². The van der Waals surface area contributed by atoms with Gasteiger partial charge in [0.1, 0.15) is 15.9 Å². The number of thiophene rings is 2. The average Bonchev–Trinajstić information content (AvgIpc) is 3.20. The Morgan fingerprint density at radius 1 is 1.38 bits per heavy atom. The molecule has 5 nitrogen and oxygen atoms in total. The number of nitriles is 1. The SMILES string of the molecule is C[C@@H](OC(=O)c1cc2c(s1)CCCC2)C(=O)Nc1sccc1C#N. The Kier molecular flexibility index (Phi) is 4.97. The zero-order valence-corrected chi connectivity index (χ0v) is 14.8. The fraction of sp³-hybridized carbons (Fsp3) is 0.353. The Hall–Kier alpha value is -2.17. The Morgan fingerprint density at radius 2 is 2.17 bits per heavy atom. The van der Waals surface area contributed by atoms with Gasteiger partial charge in [0.25, 0.3) is 5.91 Å². The van der Waals surface area contributed by atoms with Crippen molar-refractivity contribution in [3.05, 3.63) is 38.4 Å². The maximum Gasteiger partial charge on any atom is 0.349 e. The lowest BCUT2D eigenvalue weighted by atomic mass is 9.99. The Bertz CT molecular complexity index is 793. The normalized spacial score (nSPS) is 14.3. The van der Waals surface area contributed by atoms with E-state index in [0.29, 0.717) is 15.4 Å². The topological polar surface area (TPSA) is 79.2 Å². The quantitative estimate of drug-likeness (QED) is 0.842. The van der Waals surface area contributed by atoms with Crippen molar-refractivity contribution in [3.8, 4) is 6.07 Å². The van der Waals surface area contributed by atoms with Crippen molar-refractivity contribution in [2.24, 2.45) is 0 Å². The minimum absolute atomic E-state index is 0.401. The maximum absolute atomic E-state index is 12.3. The average molecular weight is 360 g/mol. The summed E-state index contributed by atoms with van der Waals surface area (Å²) in [6.45, 7) is 1.53. The van der Waals surface area contributed by atoms with E-state index < -0.39 is 18.0 Å². The Balaban J connectivity index is 1.62. The van der Waals surface area contributed by atoms with Crippen molar-refractivity contribution in [3.63, 3.8) is 0 Å². The largest absolute Gasteiger partial charge is 0.448 e. The predicted molar refractivity (Wildman–Crippen MR) is 93.5 cm³/mol. The van der Waals surface area contributed by atoms with Crippen LogP contribution in [-0.4, -0.2) is 18.0 Å². The van der Waals surface area contributed by atoms with Crippen LogP contribution in [0.25, 0.3) is 0 Å². The summed E-state index contributed by atoms with van der Waals surface area (Å²) in [5, 5.41) is 13.8. The molecule has 24 heavy (non-hydrogen) atoms. The molecular weight excluding hydrogens is 344 g/mol. The lowest BCUT2D eigenvalue weighted by Gasteiger charge is -2.12. The standard InChI is InChI=1S/C17H16N2O3S2/c1-10(15(20)19-16-12(9-18)6-7-23-16)22-17(21)14-8-11-4-2-3-5-13(11)24-14/h6-8,10H,2-5H2,1H3,(H,19,20)/t10-/m1/s1. The highest BCUT2D eigenvalue weighted by atomic mass is 32.1. The van der Waals surface area contributed by atoms with Crippen molar-refractivity contribution in [1.29, 1.82) is 5.26 Å². The molecule has 0 saturated carbocycles. The second-order valence-electron chi connectivity index (χ2n) is 5.58. The molecule has 0 saturated heterocycles. The van der Waals surface area contributed by atoms with Gasteiger partial charge < -0.3 is 10.1 Å². The highest BCUT2D eigenvalue weighted by molar-refractivity contribution is 7.14. The molecule has 0 bridgehead atoms. The molecule has 0 unspecified atom stereocenters. The number of hydrogen-bond acceptors (Lipinski definition) is 6. The van der Waals surface area contributed by atoms with E-state index >= 15 is 0 Å². The summed E-state index contributed by atoms with van der Waals surface area (Å²) >= 11 is 2.72. The molecule has 2 aromatic rings. The summed E-state index contributed by atoms with van der Waals surface area (Å²) in [5.41, 5.74) is 1.63. The van der Waals surface area contributed by atoms with Gasteiger partial charge in [0.05, 0.1) is 5.56 Å². The lowest BCUT2D eigenvalue weighted by molar-refractivity contribution is -0.123. The van der Waals surface area contributed by atoms with Gasteiger partial charge in [-0.05, 0) is 55.7 Å². The summed E-state index contributed by atoms with van der Waals surface area (Å²) in [6, 6.07) is 5.52. The molecule has 0 aliphatic heterocycles. The molecule has 1 amide bonds. The van der Waals surface area contributed by atoms with Crippen LogP contribution in [0.4, 0.5) is 5.00 Å². The molecule has 2 aromatic heterocycles. The number of amides is 1. The fourth-order valence-electron chi connectivity index (χ4n) is 2.57. The van der Waals surface area contributed by atoms with Gasteiger partial charge in [-0.2, -0.15) is 5.26 Å². The van der Waals surface area contributed by atoms with Crippen LogP contribution in [0.5, 0.6) is 0 Å². The molecule has 7 heteroatoms. The third-order valence-corrected chi connectivity index (χ3v) is 5.92. The van der Waals surface area contributed by atoms with Gasteiger partial charge in [-0.25, -0.2) is 4.79 Å². The number of fused-ring (bicyclic) bond motifs is 1. The third kappa shape index (κ3) is 3.50. The smallest absolute Gasteiger partial charge is 0.349 e. The summed E-state index contributed by atoms with van der Waals surface area (Å²) in [7, 11) is 0. The van der Waals surface area contributed by atoms with E-state index in [1.54, 1.807) is 11.4 Å². The molecule has 3 rings (SSSR count). The molecule has 0 spiro atoms. The fourth-order valence-corrected chi connectivity index (χ4v) is 4.45. The second kappa shape index (κ2) is 7.16. The minimum Gasteiger partial charge on any atom is -0.448 e. The third-order valence-electron chi connectivity index (χ3n) is 3.87. The molecule has 0 aromatic carbocycles. The number of carbonyl (C=O) groups excluding carboxylic acids is 2. The minimum atomic E-state index is -0.926. The number of carbonyl (C=O) groups is 2. The molecule has 1 aliphatic carbocycles. The number of hydrogen-bond donors (Lipinski definition) is 1. The first-order chi connectivity index (χ1) is 11.6. The number of nitrogens with zero attached hydrogens (tertiary/aromatic N) is 1. The molecular formula is C17H16N2O3S2. The molecule has 1 N–H and O–H groups in total. The number of rotatable bonds is 4. The van der Waals surface area contributed by atoms with Crippen LogP contribution in [0, 0.1) is 11.3 Å². The zero-order chi connectivity index (χ0) is 17.1. The van der Waals surface area contributed by atoms with E-state index in [0.717, 1.165) is 25.7 Å². The number of nitrogens with one attached hydrogen (secondary N) is 1. The van der Waals surface area contributed by atoms with E-state index in [4.69, 9.17) is 10.00 Å². The van der Waals surface area contributed by atoms with Crippen LogP contribution in [0.15, 0.2) is 17.5 Å². The van der Waals surface area contributed by atoms with Gasteiger partial charge in [0, 0.05) is 4.88 Å². The number of aryl methyl sites for hydroxylation is 2. The summed E-state index contributed by atoms with van der Waals surface area (Å²) < 4.78 is 5.28. The van der Waals surface area contributed by atoms with Crippen LogP contribution >= 0.6 is 22.7 Å². The van der Waals surface area contributed by atoms with Crippen molar-refractivity contribution in [2.75, 3.05) is 5.32 Å². The molecule has 2 heterocycles. The molecule has 1 aliphatic rings. The summed E-state index contributed by atoms with van der Waals surface area (Å²) in [4.78, 5) is 26.2. The van der Waals surface area contributed by atoms with E-state index in [2.05, 4.69) is 5.32 Å². The van der Waals surface area contributed by atoms with Crippen LogP contribution in [0.3, 0.4) is 0 Å². The van der Waals surface area contributed by atoms with Crippen molar-refractivity contribution in [2.45, 2.75) is 38.7 Å². The maximum atomic E-state index is 12.3. The van der Waals surface area contributed by atoms with E-state index in [9.17, 15) is 9.59 Å². The first kappa shape index (κ1) is 16.7. The van der Waals surface area contributed by atoms with E-state index in [1.807, 2.05) is 12.1 Å². The van der Waals surface area contributed by atoms with Crippen molar-refractivity contribution >= 4 is 39.6 Å². The highest BCUT2D eigenvalue weighted by Gasteiger charge is 2.23. The lowest BCUT2D eigenvalue weighted by Crippen LogP contribution is -2.29. The number of esters is 1. The number of ether oxygens (including phenoxy) is 1. The molecule has 1 atom stereocenters. The van der Waals surface area contributed by atoms with Crippen molar-refractivity contribution < 1.29 is 14.3 Å². The van der Waals surface area contributed by atoms with Gasteiger partial charge >= 0.3 is 5.97 Å². The van der Waals surface area contributed by atoms with Crippen LogP contribution in [0.1, 0.15) is 45.4 Å². The van der Waals surface area contributed by atoms with Gasteiger partial charge in [0.15, 0.2) is 6.10 Å². The van der Waals surface area contributed by atoms with E-state index in [-0.39, 0.29) is 0 Å². The first-order valence-corrected chi connectivity index (χ1v) is 9.39. The molecule has 0 radical (unpaired) electrons. The Labute approximate surface area is 147 Å². The van der Waals surface area contributed by atoms with Crippen LogP contribution < -0.4 is 5.32 Å². The molecule has 0 fully saturated rings. The van der Waals surface area contributed by atoms with Gasteiger partial charge in [-0.3, -0.25) is 4.79 Å². The zero-order valence-electron chi connectivity index (χ0n) is 13.1. The predicted octanol–water partition coefficient (Wildman–Crippen LogP) is 3.74. The van der Waals surface area contributed by atoms with Crippen LogP contribution in [0.2, 0.25) is 0 Å². The first-order valence-electron chi connectivity index (χ1n) is 7.69. The van der Waals surface area contributed by atoms with Gasteiger partial charge in [0.2, 0.25) is 0 Å². The van der Waals surface area contributed by atoms with Gasteiger partial charge in [-0.15, -0.1) is 22.7 Å². The molecule has 124 valence electrons. The summed E-state index contributed by atoms with van der Waals surface area (Å²) in [5.74, 6) is -0.910. The summed E-state index contributed by atoms with van der Waals surface area (Å²) in [6.07, 6.45) is 3.40.